The number of phenolic OH excluding ortho intramolecular Hbond substituents is 1. The van der Waals surface area contributed by atoms with Crippen molar-refractivity contribution in [2.45, 2.75) is 12.5 Å². The Balaban J connectivity index is 2.27. The zero-order chi connectivity index (χ0) is 9.26. The van der Waals surface area contributed by atoms with Gasteiger partial charge in [0.15, 0.2) is 0 Å². The molecule has 70 valence electrons. The van der Waals surface area contributed by atoms with Crippen molar-refractivity contribution in [1.29, 1.82) is 0 Å². The van der Waals surface area contributed by atoms with E-state index in [1.807, 2.05) is 6.07 Å². The maximum absolute atomic E-state index is 9.28. The highest BCUT2D eigenvalue weighted by molar-refractivity contribution is 5.56. The van der Waals surface area contributed by atoms with Crippen LogP contribution in [0, 0.1) is 0 Å². The molecule has 3 nitrogen and oxygen atoms in total. The third-order valence-electron chi connectivity index (χ3n) is 2.39. The molecule has 1 aliphatic heterocycles. The van der Waals surface area contributed by atoms with Gasteiger partial charge >= 0.3 is 0 Å². The molecule has 1 aromatic rings. The minimum absolute atomic E-state index is 0.217. The maximum atomic E-state index is 9.28. The quantitative estimate of drug-likeness (QED) is 0.640. The molecule has 1 aromatic carbocycles. The first-order valence-corrected chi connectivity index (χ1v) is 4.38. The van der Waals surface area contributed by atoms with Gasteiger partial charge in [-0.25, -0.2) is 0 Å². The SMILES string of the molecule is COC1CNc2ccc(O)cc2C1. The van der Waals surface area contributed by atoms with E-state index in [2.05, 4.69) is 5.32 Å². The lowest BCUT2D eigenvalue weighted by atomic mass is 10.0. The zero-order valence-corrected chi connectivity index (χ0v) is 7.58. The Morgan fingerprint density at radius 2 is 2.38 bits per heavy atom. The van der Waals surface area contributed by atoms with E-state index in [4.69, 9.17) is 4.74 Å². The number of fused-ring (bicyclic) bond motifs is 1. The molecule has 1 atom stereocenters. The van der Waals surface area contributed by atoms with Crippen LogP contribution in [0.2, 0.25) is 0 Å². The van der Waals surface area contributed by atoms with Gasteiger partial charge in [0.1, 0.15) is 5.75 Å². The number of hydrogen-bond donors (Lipinski definition) is 2. The molecule has 2 rings (SSSR count). The Morgan fingerprint density at radius 3 is 3.15 bits per heavy atom. The van der Waals surface area contributed by atoms with Crippen LogP contribution in [0.3, 0.4) is 0 Å². The lowest BCUT2D eigenvalue weighted by Crippen LogP contribution is -2.29. The molecule has 0 bridgehead atoms. The van der Waals surface area contributed by atoms with Crippen LogP contribution in [0.25, 0.3) is 0 Å². The molecule has 1 heterocycles. The summed E-state index contributed by atoms with van der Waals surface area (Å²) >= 11 is 0. The topological polar surface area (TPSA) is 41.5 Å². The van der Waals surface area contributed by atoms with E-state index in [9.17, 15) is 5.11 Å². The fourth-order valence-electron chi connectivity index (χ4n) is 1.63. The van der Waals surface area contributed by atoms with Crippen LogP contribution in [-0.4, -0.2) is 24.9 Å². The first-order chi connectivity index (χ1) is 6.29. The maximum Gasteiger partial charge on any atom is 0.116 e. The lowest BCUT2D eigenvalue weighted by molar-refractivity contribution is 0.111. The third kappa shape index (κ3) is 1.60. The average molecular weight is 179 g/mol. The fraction of sp³-hybridized carbons (Fsp3) is 0.400. The van der Waals surface area contributed by atoms with Gasteiger partial charge in [0.05, 0.1) is 6.10 Å². The van der Waals surface area contributed by atoms with Gasteiger partial charge in [0.25, 0.3) is 0 Å². The number of benzene rings is 1. The van der Waals surface area contributed by atoms with Crippen LogP contribution in [0.1, 0.15) is 5.56 Å². The highest BCUT2D eigenvalue weighted by Crippen LogP contribution is 2.26. The van der Waals surface area contributed by atoms with Crippen molar-refractivity contribution in [3.8, 4) is 5.75 Å². The van der Waals surface area contributed by atoms with Gasteiger partial charge in [-0.05, 0) is 23.8 Å². The van der Waals surface area contributed by atoms with Crippen molar-refractivity contribution in [1.82, 2.24) is 0 Å². The Morgan fingerprint density at radius 1 is 1.54 bits per heavy atom. The number of methoxy groups -OCH3 is 1. The molecule has 0 radical (unpaired) electrons. The summed E-state index contributed by atoms with van der Waals surface area (Å²) in [6, 6.07) is 5.38. The molecule has 0 fully saturated rings. The molecule has 0 aromatic heterocycles. The van der Waals surface area contributed by atoms with E-state index < -0.39 is 0 Å². The summed E-state index contributed by atoms with van der Waals surface area (Å²) < 4.78 is 5.24. The minimum atomic E-state index is 0.217. The number of nitrogens with one attached hydrogen (secondary N) is 1. The molecule has 0 saturated carbocycles. The van der Waals surface area contributed by atoms with E-state index in [0.29, 0.717) is 5.75 Å². The lowest BCUT2D eigenvalue weighted by Gasteiger charge is -2.24. The molecule has 3 heteroatoms. The summed E-state index contributed by atoms with van der Waals surface area (Å²) in [6.07, 6.45) is 1.09. The van der Waals surface area contributed by atoms with Gasteiger partial charge < -0.3 is 15.2 Å². The van der Waals surface area contributed by atoms with Crippen LogP contribution in [-0.2, 0) is 11.2 Å². The number of rotatable bonds is 1. The van der Waals surface area contributed by atoms with Crippen LogP contribution >= 0.6 is 0 Å². The highest BCUT2D eigenvalue weighted by Gasteiger charge is 2.17. The van der Waals surface area contributed by atoms with Crippen molar-refractivity contribution < 1.29 is 9.84 Å². The number of phenols is 1. The second-order valence-corrected chi connectivity index (χ2v) is 3.28. The summed E-state index contributed by atoms with van der Waals surface area (Å²) in [6.45, 7) is 0.842. The van der Waals surface area contributed by atoms with E-state index in [0.717, 1.165) is 24.2 Å². The van der Waals surface area contributed by atoms with E-state index in [1.54, 1.807) is 19.2 Å². The van der Waals surface area contributed by atoms with Crippen molar-refractivity contribution in [3.05, 3.63) is 23.8 Å². The normalized spacial score (nSPS) is 20.5. The standard InChI is InChI=1S/C10H13NO2/c1-13-9-5-7-4-8(12)2-3-10(7)11-6-9/h2-4,9,11-12H,5-6H2,1H3. The second kappa shape index (κ2) is 3.26. The van der Waals surface area contributed by atoms with Gasteiger partial charge in [0, 0.05) is 25.8 Å². The molecule has 13 heavy (non-hydrogen) atoms. The average Bonchev–Trinajstić information content (AvgIpc) is 2.16. The van der Waals surface area contributed by atoms with Crippen LogP contribution < -0.4 is 5.32 Å². The molecule has 0 saturated heterocycles. The van der Waals surface area contributed by atoms with Crippen molar-refractivity contribution in [2.75, 3.05) is 19.0 Å². The van der Waals surface area contributed by atoms with Gasteiger partial charge in [-0.1, -0.05) is 0 Å². The molecule has 2 N–H and O–H groups in total. The summed E-state index contributed by atoms with van der Waals surface area (Å²) in [5.74, 6) is 0.317. The minimum Gasteiger partial charge on any atom is -0.508 e. The Bertz CT molecular complexity index is 312. The predicted octanol–water partition coefficient (Wildman–Crippen LogP) is 1.38. The molecule has 0 amide bonds. The van der Waals surface area contributed by atoms with Gasteiger partial charge in [-0.15, -0.1) is 0 Å². The smallest absolute Gasteiger partial charge is 0.116 e. The highest BCUT2D eigenvalue weighted by atomic mass is 16.5. The molecule has 0 spiro atoms. The summed E-state index contributed by atoms with van der Waals surface area (Å²) in [7, 11) is 1.71. The Labute approximate surface area is 77.3 Å². The first-order valence-electron chi connectivity index (χ1n) is 4.38. The summed E-state index contributed by atoms with van der Waals surface area (Å²) in [5.41, 5.74) is 2.23. The van der Waals surface area contributed by atoms with Gasteiger partial charge in [-0.3, -0.25) is 0 Å². The second-order valence-electron chi connectivity index (χ2n) is 3.28. The molecule has 0 aliphatic carbocycles. The van der Waals surface area contributed by atoms with Crippen molar-refractivity contribution in [2.24, 2.45) is 0 Å². The molecular formula is C10H13NO2. The number of anilines is 1. The van der Waals surface area contributed by atoms with Crippen LogP contribution in [0.5, 0.6) is 5.75 Å². The predicted molar refractivity (Wildman–Crippen MR) is 51.1 cm³/mol. The number of hydrogen-bond acceptors (Lipinski definition) is 3. The van der Waals surface area contributed by atoms with Crippen LogP contribution in [0.4, 0.5) is 5.69 Å². The van der Waals surface area contributed by atoms with E-state index in [-0.39, 0.29) is 6.10 Å². The monoisotopic (exact) mass is 179 g/mol. The van der Waals surface area contributed by atoms with Gasteiger partial charge in [-0.2, -0.15) is 0 Å². The molecule has 1 unspecified atom stereocenters. The van der Waals surface area contributed by atoms with Gasteiger partial charge in [0.2, 0.25) is 0 Å². The first kappa shape index (κ1) is 8.38. The zero-order valence-electron chi connectivity index (χ0n) is 7.58. The van der Waals surface area contributed by atoms with E-state index in [1.165, 1.54) is 0 Å². The largest absolute Gasteiger partial charge is 0.508 e. The van der Waals surface area contributed by atoms with Crippen LogP contribution in [0.15, 0.2) is 18.2 Å². The van der Waals surface area contributed by atoms with E-state index >= 15 is 0 Å². The third-order valence-corrected chi connectivity index (χ3v) is 2.39. The number of ether oxygens (including phenoxy) is 1. The Kier molecular flexibility index (Phi) is 2.10. The molecular weight excluding hydrogens is 166 g/mol. The summed E-state index contributed by atoms with van der Waals surface area (Å²) in [5, 5.41) is 12.5. The summed E-state index contributed by atoms with van der Waals surface area (Å²) in [4.78, 5) is 0. The van der Waals surface area contributed by atoms with Crippen molar-refractivity contribution in [3.63, 3.8) is 0 Å². The number of aromatic hydroxyl groups is 1. The fourth-order valence-corrected chi connectivity index (χ4v) is 1.63. The molecule has 1 aliphatic rings. The Hall–Kier alpha value is -1.22. The van der Waals surface area contributed by atoms with Crippen molar-refractivity contribution >= 4 is 5.69 Å².